The van der Waals surface area contributed by atoms with Crippen molar-refractivity contribution in [2.45, 2.75) is 11.8 Å². The van der Waals surface area contributed by atoms with Crippen molar-refractivity contribution in [3.8, 4) is 5.75 Å². The van der Waals surface area contributed by atoms with Gasteiger partial charge in [0.05, 0.1) is 24.0 Å². The van der Waals surface area contributed by atoms with Gasteiger partial charge in [0.1, 0.15) is 10.6 Å². The molecular weight excluding hydrogens is 354 g/mol. The van der Waals surface area contributed by atoms with E-state index in [9.17, 15) is 8.42 Å². The van der Waals surface area contributed by atoms with Crippen molar-refractivity contribution in [2.75, 3.05) is 11.8 Å². The fourth-order valence-electron chi connectivity index (χ4n) is 2.83. The minimum atomic E-state index is -3.88. The number of rotatable bonds is 4. The summed E-state index contributed by atoms with van der Waals surface area (Å²) in [7, 11) is -2.42. The molecular formula is C18H15N3O4S. The van der Waals surface area contributed by atoms with Crippen LogP contribution in [-0.2, 0) is 10.0 Å². The van der Waals surface area contributed by atoms with E-state index < -0.39 is 10.0 Å². The van der Waals surface area contributed by atoms with E-state index in [2.05, 4.69) is 14.9 Å². The van der Waals surface area contributed by atoms with Gasteiger partial charge in [0.25, 0.3) is 10.0 Å². The Bertz CT molecular complexity index is 1230. The largest absolute Gasteiger partial charge is 0.494 e. The van der Waals surface area contributed by atoms with Crippen LogP contribution in [-0.4, -0.2) is 25.7 Å². The molecule has 0 aliphatic rings. The number of ether oxygens (including phenoxy) is 1. The quantitative estimate of drug-likeness (QED) is 0.592. The van der Waals surface area contributed by atoms with E-state index >= 15 is 0 Å². The van der Waals surface area contributed by atoms with E-state index in [4.69, 9.17) is 9.26 Å². The molecule has 4 rings (SSSR count). The molecule has 7 nitrogen and oxygen atoms in total. The van der Waals surface area contributed by atoms with Gasteiger partial charge in [0.15, 0.2) is 5.58 Å². The van der Waals surface area contributed by atoms with Gasteiger partial charge in [-0.3, -0.25) is 9.71 Å². The molecule has 0 aliphatic heterocycles. The number of hydrogen-bond donors (Lipinski definition) is 1. The lowest BCUT2D eigenvalue weighted by molar-refractivity contribution is 0.413. The minimum Gasteiger partial charge on any atom is -0.494 e. The highest BCUT2D eigenvalue weighted by Crippen LogP contribution is 2.34. The van der Waals surface area contributed by atoms with E-state index in [1.165, 1.54) is 13.2 Å². The Balaban J connectivity index is 1.85. The second-order valence-corrected chi connectivity index (χ2v) is 7.40. The number of benzene rings is 2. The molecule has 1 N–H and O–H groups in total. The maximum Gasteiger partial charge on any atom is 0.264 e. The van der Waals surface area contributed by atoms with Gasteiger partial charge < -0.3 is 9.26 Å². The molecule has 0 aliphatic carbocycles. The summed E-state index contributed by atoms with van der Waals surface area (Å²) in [5.41, 5.74) is 1.90. The molecule has 132 valence electrons. The molecule has 0 spiro atoms. The normalized spacial score (nSPS) is 11.8. The number of aryl methyl sites for hydroxylation is 1. The van der Waals surface area contributed by atoms with Crippen LogP contribution in [0.3, 0.4) is 0 Å². The van der Waals surface area contributed by atoms with Crippen LogP contribution in [0.1, 0.15) is 5.69 Å². The summed E-state index contributed by atoms with van der Waals surface area (Å²) in [5, 5.41) is 5.34. The van der Waals surface area contributed by atoms with Crippen molar-refractivity contribution in [3.05, 3.63) is 54.4 Å². The summed E-state index contributed by atoms with van der Waals surface area (Å²) >= 11 is 0. The zero-order valence-electron chi connectivity index (χ0n) is 14.1. The molecule has 0 bridgehead atoms. The second-order valence-electron chi connectivity index (χ2n) is 5.75. The molecule has 0 amide bonds. The van der Waals surface area contributed by atoms with Crippen LogP contribution < -0.4 is 9.46 Å². The van der Waals surface area contributed by atoms with Crippen molar-refractivity contribution in [1.29, 1.82) is 0 Å². The standard InChI is InChI=1S/C18H15N3O4S/c1-11-13-9-14(16(24-2)10-15(13)25-20-11)21-26(22,23)17-7-3-5-12-6-4-8-19-18(12)17/h3-10,21H,1-2H3. The Kier molecular flexibility index (Phi) is 3.77. The maximum absolute atomic E-state index is 13.0. The van der Waals surface area contributed by atoms with E-state index in [0.29, 0.717) is 33.6 Å². The minimum absolute atomic E-state index is 0.0970. The summed E-state index contributed by atoms with van der Waals surface area (Å²) in [4.78, 5) is 4.31. The topological polar surface area (TPSA) is 94.3 Å². The Morgan fingerprint density at radius 1 is 1.15 bits per heavy atom. The van der Waals surface area contributed by atoms with Gasteiger partial charge in [-0.1, -0.05) is 23.4 Å². The molecule has 0 saturated carbocycles. The van der Waals surface area contributed by atoms with Crippen molar-refractivity contribution in [3.63, 3.8) is 0 Å². The van der Waals surface area contributed by atoms with Gasteiger partial charge in [0, 0.05) is 23.0 Å². The highest BCUT2D eigenvalue weighted by Gasteiger charge is 2.21. The summed E-state index contributed by atoms with van der Waals surface area (Å²) in [6.45, 7) is 1.78. The zero-order chi connectivity index (χ0) is 18.3. The Morgan fingerprint density at radius 3 is 2.77 bits per heavy atom. The molecule has 0 atom stereocenters. The number of pyridine rings is 1. The average molecular weight is 369 g/mol. The number of fused-ring (bicyclic) bond motifs is 2. The lowest BCUT2D eigenvalue weighted by Gasteiger charge is -2.13. The number of methoxy groups -OCH3 is 1. The fraction of sp³-hybridized carbons (Fsp3) is 0.111. The van der Waals surface area contributed by atoms with Gasteiger partial charge in [-0.2, -0.15) is 0 Å². The highest BCUT2D eigenvalue weighted by atomic mass is 32.2. The Labute approximate surface area is 149 Å². The molecule has 0 fully saturated rings. The van der Waals surface area contributed by atoms with Crippen molar-refractivity contribution in [1.82, 2.24) is 10.1 Å². The molecule has 2 heterocycles. The molecule has 0 saturated heterocycles. The molecule has 26 heavy (non-hydrogen) atoms. The number of anilines is 1. The van der Waals surface area contributed by atoms with Crippen LogP contribution in [0.25, 0.3) is 21.9 Å². The van der Waals surface area contributed by atoms with Gasteiger partial charge in [-0.15, -0.1) is 0 Å². The predicted octanol–water partition coefficient (Wildman–Crippen LogP) is 3.49. The second kappa shape index (κ2) is 5.99. The van der Waals surface area contributed by atoms with Crippen LogP contribution >= 0.6 is 0 Å². The summed E-state index contributed by atoms with van der Waals surface area (Å²) < 4.78 is 39.1. The molecule has 8 heteroatoms. The molecule has 0 unspecified atom stereocenters. The van der Waals surface area contributed by atoms with Crippen molar-refractivity contribution >= 4 is 37.6 Å². The van der Waals surface area contributed by atoms with Crippen LogP contribution in [0.15, 0.2) is 58.1 Å². The maximum atomic E-state index is 13.0. The van der Waals surface area contributed by atoms with Crippen LogP contribution in [0.2, 0.25) is 0 Å². The lowest BCUT2D eigenvalue weighted by Crippen LogP contribution is -2.14. The van der Waals surface area contributed by atoms with Gasteiger partial charge >= 0.3 is 0 Å². The third-order valence-electron chi connectivity index (χ3n) is 4.10. The molecule has 2 aromatic heterocycles. The number of para-hydroxylation sites is 1. The van der Waals surface area contributed by atoms with Crippen LogP contribution in [0.4, 0.5) is 5.69 Å². The first kappa shape index (κ1) is 16.3. The lowest BCUT2D eigenvalue weighted by atomic mass is 10.2. The summed E-state index contributed by atoms with van der Waals surface area (Å²) in [6, 6.07) is 11.8. The number of aromatic nitrogens is 2. The van der Waals surface area contributed by atoms with Gasteiger partial charge in [-0.05, 0) is 25.1 Å². The van der Waals surface area contributed by atoms with E-state index in [1.54, 1.807) is 37.4 Å². The third-order valence-corrected chi connectivity index (χ3v) is 5.50. The number of hydrogen-bond acceptors (Lipinski definition) is 6. The predicted molar refractivity (Wildman–Crippen MR) is 97.8 cm³/mol. The van der Waals surface area contributed by atoms with Gasteiger partial charge in [0.2, 0.25) is 0 Å². The fourth-order valence-corrected chi connectivity index (χ4v) is 4.07. The first-order valence-corrected chi connectivity index (χ1v) is 9.28. The highest BCUT2D eigenvalue weighted by molar-refractivity contribution is 7.93. The van der Waals surface area contributed by atoms with Crippen molar-refractivity contribution < 1.29 is 17.7 Å². The number of nitrogens with one attached hydrogen (secondary N) is 1. The SMILES string of the molecule is COc1cc2onc(C)c2cc1NS(=O)(=O)c1cccc2cccnc12. The Morgan fingerprint density at radius 2 is 1.96 bits per heavy atom. The third kappa shape index (κ3) is 2.64. The van der Waals surface area contributed by atoms with Gasteiger partial charge in [-0.25, -0.2) is 8.42 Å². The number of nitrogens with zero attached hydrogens (tertiary/aromatic N) is 2. The van der Waals surface area contributed by atoms with E-state index in [-0.39, 0.29) is 4.90 Å². The molecule has 2 aromatic carbocycles. The molecule has 4 aromatic rings. The van der Waals surface area contributed by atoms with Crippen LogP contribution in [0, 0.1) is 6.92 Å². The van der Waals surface area contributed by atoms with E-state index in [0.717, 1.165) is 5.39 Å². The number of sulfonamides is 1. The monoisotopic (exact) mass is 369 g/mol. The van der Waals surface area contributed by atoms with Crippen molar-refractivity contribution in [2.24, 2.45) is 0 Å². The summed E-state index contributed by atoms with van der Waals surface area (Å²) in [5.74, 6) is 0.338. The first-order chi connectivity index (χ1) is 12.5. The zero-order valence-corrected chi connectivity index (χ0v) is 14.9. The Hall–Kier alpha value is -3.13. The van der Waals surface area contributed by atoms with E-state index in [1.807, 2.05) is 12.1 Å². The smallest absolute Gasteiger partial charge is 0.264 e. The van der Waals surface area contributed by atoms with Crippen LogP contribution in [0.5, 0.6) is 5.75 Å². The first-order valence-electron chi connectivity index (χ1n) is 7.80. The average Bonchev–Trinajstić information content (AvgIpc) is 3.00. The summed E-state index contributed by atoms with van der Waals surface area (Å²) in [6.07, 6.45) is 1.56. The molecule has 0 radical (unpaired) electrons.